The van der Waals surface area contributed by atoms with Crippen LogP contribution in [0.25, 0.3) is 10.9 Å². The number of Topliss-reactive ketones (excluding diaryl/α,β-unsaturated/α-hetero) is 1. The van der Waals surface area contributed by atoms with Crippen LogP contribution in [-0.4, -0.2) is 28.3 Å². The van der Waals surface area contributed by atoms with Gasteiger partial charge in [0.25, 0.3) is 0 Å². The molecule has 2 aliphatic heterocycles. The number of aryl methyl sites for hydroxylation is 1. The second kappa shape index (κ2) is 6.03. The highest BCUT2D eigenvalue weighted by Gasteiger charge is 2.40. The molecule has 2 atom stereocenters. The highest BCUT2D eigenvalue weighted by atomic mass is 19.1. The van der Waals surface area contributed by atoms with Gasteiger partial charge in [-0.1, -0.05) is 11.6 Å². The van der Waals surface area contributed by atoms with Crippen molar-refractivity contribution < 1.29 is 9.18 Å². The molecule has 2 aliphatic rings. The van der Waals surface area contributed by atoms with E-state index in [1.807, 2.05) is 0 Å². The Bertz CT molecular complexity index is 1050. The fourth-order valence-electron chi connectivity index (χ4n) is 5.02. The van der Waals surface area contributed by atoms with Gasteiger partial charge in [0, 0.05) is 40.7 Å². The van der Waals surface area contributed by atoms with Crippen LogP contribution in [0.4, 0.5) is 4.39 Å². The van der Waals surface area contributed by atoms with Crippen LogP contribution in [0.1, 0.15) is 46.1 Å². The largest absolute Gasteiger partial charge is 0.336 e. The Hall–Kier alpha value is -2.46. The number of likely N-dealkylation sites (N-methyl/N-ethyl adjacent to an activating group) is 1. The van der Waals surface area contributed by atoms with Gasteiger partial charge in [-0.25, -0.2) is 4.39 Å². The van der Waals surface area contributed by atoms with Crippen LogP contribution >= 0.6 is 0 Å². The van der Waals surface area contributed by atoms with E-state index in [1.54, 1.807) is 12.1 Å². The van der Waals surface area contributed by atoms with Crippen LogP contribution in [0.15, 0.2) is 42.5 Å². The van der Waals surface area contributed by atoms with Crippen LogP contribution in [0.5, 0.6) is 0 Å². The Morgan fingerprint density at radius 2 is 1.93 bits per heavy atom. The van der Waals surface area contributed by atoms with E-state index >= 15 is 0 Å². The zero-order valence-electron chi connectivity index (χ0n) is 15.7. The van der Waals surface area contributed by atoms with Crippen LogP contribution in [0, 0.1) is 12.7 Å². The van der Waals surface area contributed by atoms with Crippen molar-refractivity contribution in [3.05, 3.63) is 70.7 Å². The van der Waals surface area contributed by atoms with Crippen molar-refractivity contribution in [1.82, 2.24) is 9.47 Å². The average molecular weight is 362 g/mol. The fourth-order valence-corrected chi connectivity index (χ4v) is 5.02. The number of rotatable bonds is 3. The van der Waals surface area contributed by atoms with Gasteiger partial charge in [-0.05, 0) is 68.8 Å². The minimum Gasteiger partial charge on any atom is -0.336 e. The molecule has 5 rings (SSSR count). The van der Waals surface area contributed by atoms with E-state index in [-0.39, 0.29) is 11.6 Å². The van der Waals surface area contributed by atoms with Gasteiger partial charge in [-0.15, -0.1) is 0 Å². The maximum Gasteiger partial charge on any atom is 0.182 e. The number of aromatic nitrogens is 1. The van der Waals surface area contributed by atoms with Crippen molar-refractivity contribution >= 4 is 16.7 Å². The molecule has 4 heteroatoms. The molecule has 1 fully saturated rings. The van der Waals surface area contributed by atoms with Gasteiger partial charge < -0.3 is 4.57 Å². The van der Waals surface area contributed by atoms with Crippen molar-refractivity contribution in [1.29, 1.82) is 0 Å². The number of hydrogen-bond donors (Lipinski definition) is 0. The monoisotopic (exact) mass is 362 g/mol. The topological polar surface area (TPSA) is 25.2 Å². The summed E-state index contributed by atoms with van der Waals surface area (Å²) in [6.45, 7) is 2.43. The minimum atomic E-state index is -0.314. The summed E-state index contributed by atoms with van der Waals surface area (Å²) in [4.78, 5) is 15.4. The van der Waals surface area contributed by atoms with Crippen LogP contribution in [0.3, 0.4) is 0 Å². The summed E-state index contributed by atoms with van der Waals surface area (Å²) < 4.78 is 15.4. The molecule has 1 saturated heterocycles. The van der Waals surface area contributed by atoms with E-state index < -0.39 is 0 Å². The third-order valence-corrected chi connectivity index (χ3v) is 6.44. The molecular formula is C23H23FN2O. The third-order valence-electron chi connectivity index (χ3n) is 6.44. The number of halogens is 1. The molecule has 0 N–H and O–H groups in total. The summed E-state index contributed by atoms with van der Waals surface area (Å²) in [7, 11) is 2.23. The van der Waals surface area contributed by atoms with Gasteiger partial charge in [0.1, 0.15) is 5.82 Å². The van der Waals surface area contributed by atoms with Crippen LogP contribution in [-0.2, 0) is 13.0 Å². The first-order valence-corrected chi connectivity index (χ1v) is 9.65. The zero-order valence-corrected chi connectivity index (χ0v) is 15.7. The molecule has 0 saturated carbocycles. The highest BCUT2D eigenvalue weighted by molar-refractivity contribution is 5.97. The van der Waals surface area contributed by atoms with E-state index in [2.05, 4.69) is 41.6 Å². The lowest BCUT2D eigenvalue weighted by molar-refractivity contribution is 0.0971. The van der Waals surface area contributed by atoms with Crippen LogP contribution in [0.2, 0.25) is 0 Å². The summed E-state index contributed by atoms with van der Waals surface area (Å²) in [5, 5.41) is 1.29. The van der Waals surface area contributed by atoms with Crippen LogP contribution < -0.4 is 0 Å². The second-order valence-corrected chi connectivity index (χ2v) is 8.01. The molecule has 27 heavy (non-hydrogen) atoms. The molecule has 138 valence electrons. The number of nitrogens with zero attached hydrogens (tertiary/aromatic N) is 2. The molecule has 2 aromatic carbocycles. The molecule has 0 radical (unpaired) electrons. The summed E-state index contributed by atoms with van der Waals surface area (Å²) in [5.74, 6) is -0.285. The molecule has 0 aliphatic carbocycles. The lowest BCUT2D eigenvalue weighted by atomic mass is 9.97. The van der Waals surface area contributed by atoms with Gasteiger partial charge in [-0.3, -0.25) is 9.69 Å². The van der Waals surface area contributed by atoms with E-state index in [9.17, 15) is 9.18 Å². The normalized spacial score (nSPS) is 21.6. The van der Waals surface area contributed by atoms with Gasteiger partial charge >= 0.3 is 0 Å². The summed E-state index contributed by atoms with van der Waals surface area (Å²) in [5.41, 5.74) is 5.68. The molecule has 2 unspecified atom stereocenters. The Kier molecular flexibility index (Phi) is 3.73. The number of fused-ring (bicyclic) bond motifs is 6. The number of carbonyl (C=O) groups is 1. The Morgan fingerprint density at radius 3 is 2.70 bits per heavy atom. The van der Waals surface area contributed by atoms with E-state index in [1.165, 1.54) is 47.2 Å². The maximum atomic E-state index is 13.2. The molecule has 0 spiro atoms. The maximum absolute atomic E-state index is 13.2. The lowest BCUT2D eigenvalue weighted by Gasteiger charge is -2.32. The van der Waals surface area contributed by atoms with Gasteiger partial charge in [0.2, 0.25) is 0 Å². The summed E-state index contributed by atoms with van der Waals surface area (Å²) >= 11 is 0. The Balaban J connectivity index is 1.63. The molecule has 3 heterocycles. The number of ketones is 1. The van der Waals surface area contributed by atoms with Crippen molar-refractivity contribution in [2.45, 2.75) is 44.8 Å². The van der Waals surface area contributed by atoms with Crippen molar-refractivity contribution in [2.24, 2.45) is 0 Å². The van der Waals surface area contributed by atoms with Crippen molar-refractivity contribution in [3.8, 4) is 0 Å². The van der Waals surface area contributed by atoms with Gasteiger partial charge in [0.15, 0.2) is 5.78 Å². The summed E-state index contributed by atoms with van der Waals surface area (Å²) in [6, 6.07) is 13.4. The highest BCUT2D eigenvalue weighted by Crippen LogP contribution is 2.46. The first kappa shape index (κ1) is 16.7. The predicted octanol–water partition coefficient (Wildman–Crippen LogP) is 4.66. The first-order chi connectivity index (χ1) is 13.0. The number of carbonyl (C=O) groups excluding carboxylic acids is 1. The molecule has 3 nitrogen and oxygen atoms in total. The number of benzene rings is 2. The van der Waals surface area contributed by atoms with E-state index in [0.717, 1.165) is 11.9 Å². The van der Waals surface area contributed by atoms with Gasteiger partial charge in [-0.2, -0.15) is 0 Å². The molecule has 0 amide bonds. The predicted molar refractivity (Wildman–Crippen MR) is 105 cm³/mol. The minimum absolute atomic E-state index is 0.0292. The smallest absolute Gasteiger partial charge is 0.182 e. The summed E-state index contributed by atoms with van der Waals surface area (Å²) in [6.07, 6.45) is 3.40. The quantitative estimate of drug-likeness (QED) is 0.633. The molecule has 3 aromatic rings. The van der Waals surface area contributed by atoms with E-state index in [4.69, 9.17) is 0 Å². The fraction of sp³-hybridized carbons (Fsp3) is 0.348. The molecular weight excluding hydrogens is 339 g/mol. The van der Waals surface area contributed by atoms with E-state index in [0.29, 0.717) is 24.2 Å². The van der Waals surface area contributed by atoms with Gasteiger partial charge in [0.05, 0.1) is 6.54 Å². The van der Waals surface area contributed by atoms with Crippen molar-refractivity contribution in [3.63, 3.8) is 0 Å². The zero-order chi connectivity index (χ0) is 18.7. The standard InChI is InChI=1S/C23H23FN2O/c1-14-3-9-19-18(11-14)23-20-10-8-17(25(20)2)12-21(23)26(19)13-22(27)15-4-6-16(24)7-5-15/h3-7,9,11,17,20H,8,10,12-13H2,1-2H3. The Labute approximate surface area is 158 Å². The number of hydrogen-bond acceptors (Lipinski definition) is 2. The van der Waals surface area contributed by atoms with Crippen molar-refractivity contribution in [2.75, 3.05) is 7.05 Å². The molecule has 1 aromatic heterocycles. The first-order valence-electron chi connectivity index (χ1n) is 9.65. The lowest BCUT2D eigenvalue weighted by Crippen LogP contribution is -2.35. The SMILES string of the molecule is Cc1ccc2c(c1)c1c(n2CC(=O)c2ccc(F)cc2)CC2CCC1N2C. The average Bonchev–Trinajstić information content (AvgIpc) is 3.06. The second-order valence-electron chi connectivity index (χ2n) is 8.01. The molecule has 2 bridgehead atoms. The third kappa shape index (κ3) is 2.54. The Morgan fingerprint density at radius 1 is 1.15 bits per heavy atom.